The second kappa shape index (κ2) is 4.10. The molecule has 0 saturated carbocycles. The Bertz CT molecular complexity index is 216. The van der Waals surface area contributed by atoms with E-state index in [1.807, 2.05) is 39.8 Å². The maximum Gasteiger partial charge on any atom is 0.328 e. The average molecular weight is 168 g/mol. The molecule has 0 unspecified atom stereocenters. The quantitative estimate of drug-likeness (QED) is 0.508. The van der Waals surface area contributed by atoms with Crippen molar-refractivity contribution in [2.45, 2.75) is 27.7 Å². The summed E-state index contributed by atoms with van der Waals surface area (Å²) in [5, 5.41) is 8.56. The molecule has 0 aromatic rings. The summed E-state index contributed by atoms with van der Waals surface area (Å²) in [5.74, 6) is -0.891. The van der Waals surface area contributed by atoms with E-state index < -0.39 is 5.97 Å². The van der Waals surface area contributed by atoms with Gasteiger partial charge < -0.3 is 5.11 Å². The first-order valence-electron chi connectivity index (χ1n) is 3.95. The van der Waals surface area contributed by atoms with Crippen LogP contribution in [-0.4, -0.2) is 11.1 Å². The van der Waals surface area contributed by atoms with E-state index in [9.17, 15) is 4.79 Å². The number of carboxylic acids is 1. The van der Waals surface area contributed by atoms with Gasteiger partial charge in [-0.1, -0.05) is 32.9 Å². The Morgan fingerprint density at radius 3 is 2.08 bits per heavy atom. The summed E-state index contributed by atoms with van der Waals surface area (Å²) in [4.78, 5) is 10.4. The molecular formula is C10H16O2. The topological polar surface area (TPSA) is 37.3 Å². The Morgan fingerprint density at radius 2 is 1.83 bits per heavy atom. The molecule has 0 aliphatic carbocycles. The smallest absolute Gasteiger partial charge is 0.328 e. The Kier molecular flexibility index (Phi) is 3.74. The minimum atomic E-state index is -0.891. The predicted molar refractivity (Wildman–Crippen MR) is 50.0 cm³/mol. The van der Waals surface area contributed by atoms with Crippen LogP contribution in [0.5, 0.6) is 0 Å². The Balaban J connectivity index is 4.80. The van der Waals surface area contributed by atoms with Gasteiger partial charge in [0.1, 0.15) is 0 Å². The highest BCUT2D eigenvalue weighted by Crippen LogP contribution is 2.25. The van der Waals surface area contributed by atoms with Crippen molar-refractivity contribution >= 4 is 5.97 Å². The average Bonchev–Trinajstić information content (AvgIpc) is 1.83. The van der Waals surface area contributed by atoms with E-state index in [-0.39, 0.29) is 5.41 Å². The molecule has 1 N–H and O–H groups in total. The number of carboxylic acid groups (broad SMARTS) is 1. The van der Waals surface area contributed by atoms with Crippen LogP contribution in [0.15, 0.2) is 23.8 Å². The van der Waals surface area contributed by atoms with Crippen LogP contribution in [0.3, 0.4) is 0 Å². The van der Waals surface area contributed by atoms with Gasteiger partial charge >= 0.3 is 5.97 Å². The molecular weight excluding hydrogens is 152 g/mol. The number of rotatable bonds is 2. The van der Waals surface area contributed by atoms with Crippen molar-refractivity contribution in [1.29, 1.82) is 0 Å². The molecule has 2 heteroatoms. The number of carbonyl (C=O) groups is 1. The number of hydrogen-bond donors (Lipinski definition) is 1. The first kappa shape index (κ1) is 11.0. The van der Waals surface area contributed by atoms with E-state index in [2.05, 4.69) is 0 Å². The molecule has 0 atom stereocenters. The van der Waals surface area contributed by atoms with Gasteiger partial charge in [0, 0.05) is 6.08 Å². The Hall–Kier alpha value is -1.05. The fraction of sp³-hybridized carbons (Fsp3) is 0.500. The minimum absolute atomic E-state index is 0.106. The zero-order chi connectivity index (χ0) is 9.78. The first-order chi connectivity index (χ1) is 5.38. The van der Waals surface area contributed by atoms with E-state index in [0.717, 1.165) is 5.57 Å². The molecule has 0 radical (unpaired) electrons. The molecule has 0 amide bonds. The minimum Gasteiger partial charge on any atom is -0.478 e. The van der Waals surface area contributed by atoms with Gasteiger partial charge in [-0.05, 0) is 17.9 Å². The van der Waals surface area contributed by atoms with Gasteiger partial charge in [0.15, 0.2) is 0 Å². The highest BCUT2D eigenvalue weighted by Gasteiger charge is 2.15. The van der Waals surface area contributed by atoms with Gasteiger partial charge in [0.2, 0.25) is 0 Å². The fourth-order valence-corrected chi connectivity index (χ4v) is 0.827. The largest absolute Gasteiger partial charge is 0.478 e. The summed E-state index contributed by atoms with van der Waals surface area (Å²) in [7, 11) is 0. The molecule has 0 aromatic heterocycles. The standard InChI is InChI=1S/C10H16O2/c1-5-6-8(7-9(11)12)10(2,3)4/h5-7H,1-4H3,(H,11,12)/b6-5-,8-7+. The van der Waals surface area contributed by atoms with E-state index in [1.165, 1.54) is 6.08 Å². The van der Waals surface area contributed by atoms with Gasteiger partial charge in [-0.25, -0.2) is 4.79 Å². The molecule has 0 fully saturated rings. The van der Waals surface area contributed by atoms with E-state index in [4.69, 9.17) is 5.11 Å². The highest BCUT2D eigenvalue weighted by molar-refractivity contribution is 5.81. The van der Waals surface area contributed by atoms with E-state index in [1.54, 1.807) is 0 Å². The molecule has 0 aliphatic heterocycles. The second-order valence-corrected chi connectivity index (χ2v) is 3.69. The summed E-state index contributed by atoms with van der Waals surface area (Å²) in [6.45, 7) is 7.84. The van der Waals surface area contributed by atoms with Crippen molar-refractivity contribution in [2.75, 3.05) is 0 Å². The summed E-state index contributed by atoms with van der Waals surface area (Å²) < 4.78 is 0. The number of hydrogen-bond acceptors (Lipinski definition) is 1. The van der Waals surface area contributed by atoms with Crippen molar-refractivity contribution in [1.82, 2.24) is 0 Å². The van der Waals surface area contributed by atoms with Crippen molar-refractivity contribution in [3.63, 3.8) is 0 Å². The van der Waals surface area contributed by atoms with Gasteiger partial charge in [-0.15, -0.1) is 0 Å². The van der Waals surface area contributed by atoms with E-state index >= 15 is 0 Å². The lowest BCUT2D eigenvalue weighted by Crippen LogP contribution is -2.09. The Morgan fingerprint density at radius 1 is 1.33 bits per heavy atom. The van der Waals surface area contributed by atoms with Crippen LogP contribution >= 0.6 is 0 Å². The van der Waals surface area contributed by atoms with Crippen LogP contribution in [0.4, 0.5) is 0 Å². The molecule has 12 heavy (non-hydrogen) atoms. The summed E-state index contributed by atoms with van der Waals surface area (Å²) in [6, 6.07) is 0. The lowest BCUT2D eigenvalue weighted by atomic mass is 9.86. The fourth-order valence-electron chi connectivity index (χ4n) is 0.827. The third kappa shape index (κ3) is 3.96. The lowest BCUT2D eigenvalue weighted by molar-refractivity contribution is -0.131. The lowest BCUT2D eigenvalue weighted by Gasteiger charge is -2.19. The predicted octanol–water partition coefficient (Wildman–Crippen LogP) is 2.62. The van der Waals surface area contributed by atoms with Crippen molar-refractivity contribution < 1.29 is 9.90 Å². The van der Waals surface area contributed by atoms with Gasteiger partial charge in [0.25, 0.3) is 0 Å². The second-order valence-electron chi connectivity index (χ2n) is 3.69. The summed E-state index contributed by atoms with van der Waals surface area (Å²) >= 11 is 0. The van der Waals surface area contributed by atoms with Crippen LogP contribution < -0.4 is 0 Å². The third-order valence-electron chi connectivity index (χ3n) is 1.49. The third-order valence-corrected chi connectivity index (χ3v) is 1.49. The number of allylic oxidation sites excluding steroid dienone is 3. The zero-order valence-electron chi connectivity index (χ0n) is 8.09. The normalized spacial score (nSPS) is 13.8. The van der Waals surface area contributed by atoms with Gasteiger partial charge in [-0.3, -0.25) is 0 Å². The van der Waals surface area contributed by atoms with Crippen molar-refractivity contribution in [3.8, 4) is 0 Å². The maximum atomic E-state index is 10.4. The van der Waals surface area contributed by atoms with Crippen molar-refractivity contribution in [3.05, 3.63) is 23.8 Å². The summed E-state index contributed by atoms with van der Waals surface area (Å²) in [5.41, 5.74) is 0.725. The SMILES string of the molecule is C/C=C\C(=C/C(=O)O)C(C)(C)C. The van der Waals surface area contributed by atoms with Crippen molar-refractivity contribution in [2.24, 2.45) is 5.41 Å². The van der Waals surface area contributed by atoms with Crippen LogP contribution in [0, 0.1) is 5.41 Å². The molecule has 0 saturated heterocycles. The Labute approximate surface area is 73.6 Å². The van der Waals surface area contributed by atoms with Crippen LogP contribution in [0.1, 0.15) is 27.7 Å². The monoisotopic (exact) mass is 168 g/mol. The van der Waals surface area contributed by atoms with E-state index in [0.29, 0.717) is 0 Å². The van der Waals surface area contributed by atoms with Crippen LogP contribution in [-0.2, 0) is 4.79 Å². The molecule has 2 nitrogen and oxygen atoms in total. The summed E-state index contributed by atoms with van der Waals surface area (Å²) in [6.07, 6.45) is 4.92. The molecule has 0 aliphatic rings. The number of aliphatic carboxylic acids is 1. The first-order valence-corrected chi connectivity index (χ1v) is 3.95. The molecule has 0 aromatic carbocycles. The van der Waals surface area contributed by atoms with Crippen LogP contribution in [0.2, 0.25) is 0 Å². The molecule has 0 spiro atoms. The van der Waals surface area contributed by atoms with Crippen LogP contribution in [0.25, 0.3) is 0 Å². The molecule has 68 valence electrons. The maximum absolute atomic E-state index is 10.4. The molecule has 0 bridgehead atoms. The molecule has 0 heterocycles. The van der Waals surface area contributed by atoms with Gasteiger partial charge in [0.05, 0.1) is 0 Å². The zero-order valence-corrected chi connectivity index (χ0v) is 8.09. The van der Waals surface area contributed by atoms with Gasteiger partial charge in [-0.2, -0.15) is 0 Å². The molecule has 0 rings (SSSR count). The highest BCUT2D eigenvalue weighted by atomic mass is 16.4.